The van der Waals surface area contributed by atoms with Crippen LogP contribution in [0.3, 0.4) is 0 Å². The Balaban J connectivity index is 4.90. The van der Waals surface area contributed by atoms with Crippen molar-refractivity contribution in [2.75, 3.05) is 40.9 Å². The Morgan fingerprint density at radius 2 is 0.740 bits per heavy atom. The largest absolute Gasteiger partial charge is 0.756 e. The third-order valence-electron chi connectivity index (χ3n) is 15.7. The Labute approximate surface area is 480 Å². The lowest BCUT2D eigenvalue weighted by Gasteiger charge is -2.30. The molecule has 0 aliphatic carbocycles. The molecule has 0 rings (SSSR count). The summed E-state index contributed by atoms with van der Waals surface area (Å²) in [5.41, 5.74) is 0. The SMILES string of the molecule is CCCCCCCCCCC/C=C\C(OC(=O)CCCCCCCCCCCCCCCCCCCCCCCCCCCCC)C(COP(=O)([O-])OCC[N+](C)(C)C)NC(=O)CCCCCCCCCCCCCCC. The fourth-order valence-corrected chi connectivity index (χ4v) is 11.2. The van der Waals surface area contributed by atoms with Crippen molar-refractivity contribution in [3.05, 3.63) is 12.2 Å². The molecule has 0 aliphatic heterocycles. The average Bonchev–Trinajstić information content (AvgIpc) is 3.39. The number of hydrogen-bond donors (Lipinski definition) is 1. The molecule has 3 unspecified atom stereocenters. The molecule has 0 bridgehead atoms. The molecule has 0 aromatic carbocycles. The van der Waals surface area contributed by atoms with E-state index >= 15 is 0 Å². The maximum atomic E-state index is 13.5. The van der Waals surface area contributed by atoms with E-state index in [1.54, 1.807) is 0 Å². The van der Waals surface area contributed by atoms with E-state index in [1.807, 2.05) is 33.3 Å². The summed E-state index contributed by atoms with van der Waals surface area (Å²) < 4.78 is 30.3. The van der Waals surface area contributed by atoms with Gasteiger partial charge in [0.25, 0.3) is 7.82 Å². The van der Waals surface area contributed by atoms with Gasteiger partial charge in [-0.05, 0) is 31.8 Å². The van der Waals surface area contributed by atoms with Crippen molar-refractivity contribution in [1.82, 2.24) is 5.32 Å². The van der Waals surface area contributed by atoms with Crippen LogP contribution in [0.25, 0.3) is 0 Å². The molecule has 10 heteroatoms. The minimum absolute atomic E-state index is 0.0168. The van der Waals surface area contributed by atoms with E-state index in [2.05, 4.69) is 26.1 Å². The van der Waals surface area contributed by atoms with Gasteiger partial charge in [-0.25, -0.2) is 0 Å². The van der Waals surface area contributed by atoms with Gasteiger partial charge >= 0.3 is 5.97 Å². The van der Waals surface area contributed by atoms with Gasteiger partial charge in [0.15, 0.2) is 0 Å². The summed E-state index contributed by atoms with van der Waals surface area (Å²) in [6.45, 7) is 6.90. The van der Waals surface area contributed by atoms with Gasteiger partial charge in [0.1, 0.15) is 19.3 Å². The summed E-state index contributed by atoms with van der Waals surface area (Å²) >= 11 is 0. The van der Waals surface area contributed by atoms with E-state index < -0.39 is 20.0 Å². The second-order valence-electron chi connectivity index (χ2n) is 24.7. The number of carbonyl (C=O) groups is 2. The van der Waals surface area contributed by atoms with E-state index in [0.29, 0.717) is 17.4 Å². The summed E-state index contributed by atoms with van der Waals surface area (Å²) in [6, 6.07) is -0.879. The Morgan fingerprint density at radius 1 is 0.442 bits per heavy atom. The lowest BCUT2D eigenvalue weighted by molar-refractivity contribution is -0.870. The molecule has 0 aromatic heterocycles. The number of phosphoric acid groups is 1. The number of rotatable bonds is 63. The molecule has 0 saturated carbocycles. The number of carbonyl (C=O) groups excluding carboxylic acids is 2. The third-order valence-corrected chi connectivity index (χ3v) is 16.7. The van der Waals surface area contributed by atoms with Crippen LogP contribution in [0.1, 0.15) is 355 Å². The highest BCUT2D eigenvalue weighted by Crippen LogP contribution is 2.38. The van der Waals surface area contributed by atoms with E-state index in [4.69, 9.17) is 13.8 Å². The number of amides is 1. The second kappa shape index (κ2) is 58.0. The number of allylic oxidation sites excluding steroid dienone is 1. The van der Waals surface area contributed by atoms with Crippen molar-refractivity contribution >= 4 is 19.7 Å². The van der Waals surface area contributed by atoms with E-state index in [0.717, 1.165) is 57.8 Å². The van der Waals surface area contributed by atoms with Gasteiger partial charge in [0.05, 0.1) is 33.8 Å². The minimum atomic E-state index is -4.69. The van der Waals surface area contributed by atoms with Crippen LogP contribution in [-0.4, -0.2) is 69.4 Å². The first-order chi connectivity index (χ1) is 37.4. The lowest BCUT2D eigenvalue weighted by atomic mass is 10.0. The van der Waals surface area contributed by atoms with Crippen molar-refractivity contribution in [3.8, 4) is 0 Å². The zero-order valence-electron chi connectivity index (χ0n) is 52.5. The van der Waals surface area contributed by atoms with E-state index in [1.165, 1.54) is 263 Å². The predicted molar refractivity (Wildman–Crippen MR) is 330 cm³/mol. The van der Waals surface area contributed by atoms with Gasteiger partial charge in [-0.15, -0.1) is 0 Å². The van der Waals surface area contributed by atoms with Crippen molar-refractivity contribution in [2.24, 2.45) is 0 Å². The summed E-state index contributed by atoms with van der Waals surface area (Å²) in [7, 11) is 1.21. The fraction of sp³-hybridized carbons (Fsp3) is 0.940. The molecule has 0 aromatic rings. The topological polar surface area (TPSA) is 114 Å². The number of unbranched alkanes of at least 4 members (excludes halogenated alkanes) is 47. The minimum Gasteiger partial charge on any atom is -0.756 e. The highest BCUT2D eigenvalue weighted by molar-refractivity contribution is 7.45. The van der Waals surface area contributed by atoms with Crippen LogP contribution in [0.4, 0.5) is 0 Å². The predicted octanol–water partition coefficient (Wildman–Crippen LogP) is 20.5. The summed E-state index contributed by atoms with van der Waals surface area (Å²) in [6.07, 6.45) is 67.7. The number of nitrogens with zero attached hydrogens (tertiary/aromatic N) is 1. The number of phosphoric ester groups is 1. The third kappa shape index (κ3) is 59.2. The molecule has 1 amide bonds. The molecule has 0 aliphatic rings. The first kappa shape index (κ1) is 75.8. The Morgan fingerprint density at radius 3 is 1.06 bits per heavy atom. The van der Waals surface area contributed by atoms with Crippen LogP contribution in [-0.2, 0) is 27.9 Å². The van der Waals surface area contributed by atoms with Crippen LogP contribution in [0, 0.1) is 0 Å². The Hall–Kier alpha value is -1.25. The van der Waals surface area contributed by atoms with Crippen LogP contribution < -0.4 is 10.2 Å². The number of esters is 1. The molecule has 0 spiro atoms. The van der Waals surface area contributed by atoms with Crippen LogP contribution in [0.15, 0.2) is 12.2 Å². The van der Waals surface area contributed by atoms with Gasteiger partial charge in [0.2, 0.25) is 5.91 Å². The van der Waals surface area contributed by atoms with E-state index in [9.17, 15) is 19.0 Å². The fourth-order valence-electron chi connectivity index (χ4n) is 10.5. The molecule has 0 fully saturated rings. The molecule has 3 atom stereocenters. The zero-order chi connectivity index (χ0) is 56.4. The number of likely N-dealkylation sites (N-methyl/N-ethyl adjacent to an activating group) is 1. The number of nitrogens with one attached hydrogen (secondary N) is 1. The number of hydrogen-bond acceptors (Lipinski definition) is 7. The van der Waals surface area contributed by atoms with Crippen LogP contribution in [0.5, 0.6) is 0 Å². The molecule has 77 heavy (non-hydrogen) atoms. The highest BCUT2D eigenvalue weighted by atomic mass is 31.2. The Kier molecular flexibility index (Phi) is 57.0. The van der Waals surface area contributed by atoms with Gasteiger partial charge < -0.3 is 28.5 Å². The van der Waals surface area contributed by atoms with Crippen molar-refractivity contribution in [3.63, 3.8) is 0 Å². The molecular weight excluding hydrogens is 976 g/mol. The van der Waals surface area contributed by atoms with Crippen molar-refractivity contribution in [2.45, 2.75) is 367 Å². The van der Waals surface area contributed by atoms with Crippen LogP contribution in [0.2, 0.25) is 0 Å². The first-order valence-electron chi connectivity index (χ1n) is 34.0. The molecule has 0 heterocycles. The molecule has 458 valence electrons. The zero-order valence-corrected chi connectivity index (χ0v) is 53.3. The summed E-state index contributed by atoms with van der Waals surface area (Å²) in [5.74, 6) is -0.519. The van der Waals surface area contributed by atoms with Crippen molar-refractivity contribution < 1.29 is 37.3 Å². The average molecular weight is 1110 g/mol. The Bertz CT molecular complexity index is 1320. The second-order valence-corrected chi connectivity index (χ2v) is 26.1. The number of quaternary nitrogens is 1. The molecule has 9 nitrogen and oxygen atoms in total. The van der Waals surface area contributed by atoms with Crippen LogP contribution >= 0.6 is 7.82 Å². The van der Waals surface area contributed by atoms with Gasteiger partial charge in [-0.3, -0.25) is 14.2 Å². The number of ether oxygens (including phenoxy) is 1. The van der Waals surface area contributed by atoms with E-state index in [-0.39, 0.29) is 31.5 Å². The summed E-state index contributed by atoms with van der Waals surface area (Å²) in [5, 5.41) is 3.04. The quantitative estimate of drug-likeness (QED) is 0.0212. The molecule has 0 radical (unpaired) electrons. The van der Waals surface area contributed by atoms with Crippen molar-refractivity contribution in [1.29, 1.82) is 0 Å². The lowest BCUT2D eigenvalue weighted by Crippen LogP contribution is -2.47. The standard InChI is InChI=1S/C67H133N2O7P/c1-7-10-13-16-19-22-25-27-28-29-30-31-32-33-34-35-36-37-38-39-40-42-45-48-51-54-57-60-67(71)76-65(58-55-52-49-46-43-24-21-18-15-12-9-3)64(63-75-77(72,73)74-62-61-69(4,5)6)68-66(70)59-56-53-50-47-44-41-26-23-20-17-14-11-8-2/h55,58,64-65H,7-54,56-57,59-63H2,1-6H3,(H-,68,70,72,73)/b58-55-. The summed E-state index contributed by atoms with van der Waals surface area (Å²) in [4.78, 5) is 40.0. The highest BCUT2D eigenvalue weighted by Gasteiger charge is 2.27. The molecular formula is C67H133N2O7P. The van der Waals surface area contributed by atoms with Gasteiger partial charge in [0, 0.05) is 12.8 Å². The smallest absolute Gasteiger partial charge is 0.306 e. The normalized spacial score (nSPS) is 13.6. The molecule has 1 N–H and O–H groups in total. The van der Waals surface area contributed by atoms with Gasteiger partial charge in [-0.2, -0.15) is 0 Å². The maximum absolute atomic E-state index is 13.5. The van der Waals surface area contributed by atoms with Gasteiger partial charge in [-0.1, -0.05) is 322 Å². The molecule has 0 saturated heterocycles. The first-order valence-corrected chi connectivity index (χ1v) is 35.5. The monoisotopic (exact) mass is 1110 g/mol. The maximum Gasteiger partial charge on any atom is 0.306 e.